The molecule has 0 aliphatic heterocycles. The van der Waals surface area contributed by atoms with E-state index >= 15 is 0 Å². The van der Waals surface area contributed by atoms with E-state index < -0.39 is 0 Å². The van der Waals surface area contributed by atoms with Gasteiger partial charge in [0.25, 0.3) is 0 Å². The van der Waals surface area contributed by atoms with Crippen LogP contribution in [0, 0.1) is 0 Å². The molecule has 0 aromatic heterocycles. The van der Waals surface area contributed by atoms with Crippen LogP contribution in [0.25, 0.3) is 0 Å². The highest BCUT2D eigenvalue weighted by Crippen LogP contribution is 2.14. The highest BCUT2D eigenvalue weighted by atomic mass is 16.1. The molecule has 0 spiro atoms. The Kier molecular flexibility index (Phi) is 15.3. The molecule has 5 nitrogen and oxygen atoms in total. The number of nitrogens with zero attached hydrogens (tertiary/aromatic N) is 1. The zero-order chi connectivity index (χ0) is 18.8. The van der Waals surface area contributed by atoms with E-state index in [9.17, 15) is 4.79 Å². The van der Waals surface area contributed by atoms with Gasteiger partial charge in [0.1, 0.15) is 5.84 Å². The lowest BCUT2D eigenvalue weighted by atomic mass is 10.1. The van der Waals surface area contributed by atoms with Gasteiger partial charge in [-0.2, -0.15) is 5.10 Å². The number of carbonyl (C=O) groups is 1. The van der Waals surface area contributed by atoms with Crippen LogP contribution in [0.15, 0.2) is 53.2 Å². The maximum atomic E-state index is 11.2. The Labute approximate surface area is 152 Å². The molecular weight excluding hydrogens is 312 g/mol. The van der Waals surface area contributed by atoms with Gasteiger partial charge in [0.2, 0.25) is 0 Å². The normalized spacial score (nSPS) is 16.0. The maximum absolute atomic E-state index is 11.2. The molecule has 0 heterocycles. The van der Waals surface area contributed by atoms with E-state index in [2.05, 4.69) is 41.8 Å². The Bertz CT molecular complexity index is 502. The van der Waals surface area contributed by atoms with E-state index in [0.29, 0.717) is 5.84 Å². The number of nitrogens with two attached hydrogens (primary N) is 2. The summed E-state index contributed by atoms with van der Waals surface area (Å²) in [5.41, 5.74) is 3.41. The van der Waals surface area contributed by atoms with E-state index in [-0.39, 0.29) is 5.78 Å². The molecule has 140 valence electrons. The molecular formula is C20H34N4O. The van der Waals surface area contributed by atoms with Crippen LogP contribution < -0.4 is 17.1 Å². The minimum Gasteiger partial charge on any atom is -0.322 e. The average Bonchev–Trinajstić information content (AvgIpc) is 3.04. The van der Waals surface area contributed by atoms with Crippen LogP contribution in [0.4, 0.5) is 0 Å². The van der Waals surface area contributed by atoms with Crippen molar-refractivity contribution in [3.05, 3.63) is 48.1 Å². The molecule has 0 bridgehead atoms. The number of hydrazone groups is 1. The number of rotatable bonds is 9. The molecule has 0 radical (unpaired) electrons. The lowest BCUT2D eigenvalue weighted by Crippen LogP contribution is -2.31. The summed E-state index contributed by atoms with van der Waals surface area (Å²) in [5, 5.41) is 3.46. The van der Waals surface area contributed by atoms with Crippen molar-refractivity contribution in [1.82, 2.24) is 5.43 Å². The second kappa shape index (κ2) is 16.7. The summed E-state index contributed by atoms with van der Waals surface area (Å²) >= 11 is 0. The zero-order valence-corrected chi connectivity index (χ0v) is 15.7. The van der Waals surface area contributed by atoms with Crippen molar-refractivity contribution in [2.24, 2.45) is 16.8 Å². The van der Waals surface area contributed by atoms with E-state index in [4.69, 9.17) is 11.7 Å². The molecule has 5 heteroatoms. The summed E-state index contributed by atoms with van der Waals surface area (Å²) in [4.78, 5) is 11.2. The summed E-state index contributed by atoms with van der Waals surface area (Å²) in [6, 6.07) is 0. The average molecular weight is 347 g/mol. The van der Waals surface area contributed by atoms with Crippen LogP contribution in [-0.4, -0.2) is 11.6 Å². The van der Waals surface area contributed by atoms with Crippen LogP contribution in [0.2, 0.25) is 0 Å². The number of unbranched alkanes of at least 4 members (excludes halogenated alkanes) is 3. The third-order valence-corrected chi connectivity index (χ3v) is 3.63. The van der Waals surface area contributed by atoms with E-state index in [1.165, 1.54) is 0 Å². The largest absolute Gasteiger partial charge is 0.322 e. The third-order valence-electron chi connectivity index (χ3n) is 3.63. The molecule has 0 saturated carbocycles. The first-order valence-corrected chi connectivity index (χ1v) is 9.08. The zero-order valence-electron chi connectivity index (χ0n) is 15.7. The number of nitrogens with one attached hydrogen (secondary N) is 1. The molecule has 5 N–H and O–H groups in total. The van der Waals surface area contributed by atoms with Crippen molar-refractivity contribution in [2.75, 3.05) is 0 Å². The van der Waals surface area contributed by atoms with Crippen molar-refractivity contribution in [1.29, 1.82) is 0 Å². The van der Waals surface area contributed by atoms with Crippen molar-refractivity contribution in [3.63, 3.8) is 0 Å². The fraction of sp³-hybridized carbons (Fsp3) is 0.500. The van der Waals surface area contributed by atoms with Gasteiger partial charge in [-0.3, -0.25) is 4.79 Å². The minimum absolute atomic E-state index is 0.203. The first-order valence-electron chi connectivity index (χ1n) is 9.08. The van der Waals surface area contributed by atoms with Gasteiger partial charge in [0.05, 0.1) is 0 Å². The summed E-state index contributed by atoms with van der Waals surface area (Å²) in [7, 11) is 0. The van der Waals surface area contributed by atoms with E-state index in [1.54, 1.807) is 6.08 Å². The third kappa shape index (κ3) is 12.9. The van der Waals surface area contributed by atoms with Crippen LogP contribution >= 0.6 is 0 Å². The van der Waals surface area contributed by atoms with Gasteiger partial charge < -0.3 is 11.3 Å². The number of allylic oxidation sites excluding steroid dienone is 8. The molecule has 1 aliphatic carbocycles. The number of amidine groups is 1. The Hall–Kier alpha value is -2.14. The molecule has 0 fully saturated rings. The Balaban J connectivity index is 0.000000477. The fourth-order valence-electron chi connectivity index (χ4n) is 2.21. The predicted octanol–water partition coefficient (Wildman–Crippen LogP) is 4.05. The maximum Gasteiger partial charge on any atom is 0.181 e. The minimum atomic E-state index is 0.203. The number of ketones is 1. The standard InChI is InChI=1S/C13H18O.C7H16N4/c1-2-3-4-5-6-7-9-12-10-8-11-13(12)14;1-2-3-4-5-6-7(10-8)11-9/h3-4,8-9,11H,2,5-7,10H2,1H3;2-3H,4-6,8-9H2,1H3,(H,10,11)/b4-3-,12-9+;3-2-. The van der Waals surface area contributed by atoms with Gasteiger partial charge in [-0.25, -0.2) is 5.84 Å². The molecule has 1 rings (SSSR count). The second-order valence-electron chi connectivity index (χ2n) is 5.69. The first kappa shape index (κ1) is 22.9. The number of hydrogen-bond donors (Lipinski definition) is 3. The predicted molar refractivity (Wildman–Crippen MR) is 108 cm³/mol. The van der Waals surface area contributed by atoms with Crippen LogP contribution in [-0.2, 0) is 4.79 Å². The fourth-order valence-corrected chi connectivity index (χ4v) is 2.21. The van der Waals surface area contributed by atoms with Crippen LogP contribution in [0.5, 0.6) is 0 Å². The molecule has 0 aromatic carbocycles. The van der Waals surface area contributed by atoms with Crippen LogP contribution in [0.3, 0.4) is 0 Å². The van der Waals surface area contributed by atoms with Gasteiger partial charge in [0, 0.05) is 6.42 Å². The molecule has 0 amide bonds. The topological polar surface area (TPSA) is 93.5 Å². The number of hydrogen-bond acceptors (Lipinski definition) is 4. The van der Waals surface area contributed by atoms with Gasteiger partial charge in [-0.05, 0) is 63.5 Å². The Morgan fingerprint density at radius 2 is 2.00 bits per heavy atom. The van der Waals surface area contributed by atoms with Gasteiger partial charge in [0.15, 0.2) is 5.78 Å². The quantitative estimate of drug-likeness (QED) is 0.112. The summed E-state index contributed by atoms with van der Waals surface area (Å²) in [5.74, 6) is 11.0. The highest BCUT2D eigenvalue weighted by molar-refractivity contribution is 6.06. The molecule has 0 unspecified atom stereocenters. The highest BCUT2D eigenvalue weighted by Gasteiger charge is 2.08. The SMILES string of the molecule is C/C=C\CCC/C(=N/N)NN.CC/C=C\CCC/C=C1\CC=CC1=O. The lowest BCUT2D eigenvalue weighted by Gasteiger charge is -2.00. The van der Waals surface area contributed by atoms with E-state index in [0.717, 1.165) is 56.9 Å². The molecule has 0 atom stereocenters. The van der Waals surface area contributed by atoms with E-state index in [1.807, 2.05) is 19.1 Å². The van der Waals surface area contributed by atoms with Crippen molar-refractivity contribution >= 4 is 11.6 Å². The van der Waals surface area contributed by atoms with Gasteiger partial charge in [-0.1, -0.05) is 43.4 Å². The summed E-state index contributed by atoms with van der Waals surface area (Å²) < 4.78 is 0. The molecule has 0 saturated heterocycles. The number of carbonyl (C=O) groups excluding carboxylic acids is 1. The molecule has 0 aromatic rings. The van der Waals surface area contributed by atoms with Crippen molar-refractivity contribution in [2.45, 2.75) is 65.2 Å². The van der Waals surface area contributed by atoms with Crippen molar-refractivity contribution in [3.8, 4) is 0 Å². The van der Waals surface area contributed by atoms with Crippen LogP contribution in [0.1, 0.15) is 65.2 Å². The van der Waals surface area contributed by atoms with Gasteiger partial charge >= 0.3 is 0 Å². The number of hydrazine groups is 1. The Morgan fingerprint density at radius 3 is 2.56 bits per heavy atom. The van der Waals surface area contributed by atoms with Crippen molar-refractivity contribution < 1.29 is 4.79 Å². The summed E-state index contributed by atoms with van der Waals surface area (Å²) in [6.45, 7) is 4.14. The molecule has 25 heavy (non-hydrogen) atoms. The second-order valence-corrected chi connectivity index (χ2v) is 5.69. The summed E-state index contributed by atoms with van der Waals surface area (Å²) in [6.07, 6.45) is 22.3. The van der Waals surface area contributed by atoms with Gasteiger partial charge in [-0.15, -0.1) is 0 Å². The monoisotopic (exact) mass is 346 g/mol. The Morgan fingerprint density at radius 1 is 1.24 bits per heavy atom. The lowest BCUT2D eigenvalue weighted by molar-refractivity contribution is -0.111. The molecule has 1 aliphatic rings. The first-order chi connectivity index (χ1) is 12.2. The smallest absolute Gasteiger partial charge is 0.181 e.